The Hall–Kier alpha value is -2.72. The van der Waals surface area contributed by atoms with Gasteiger partial charge in [0.15, 0.2) is 0 Å². The van der Waals surface area contributed by atoms with Crippen LogP contribution in [0.3, 0.4) is 0 Å². The van der Waals surface area contributed by atoms with E-state index in [2.05, 4.69) is 36.5 Å². The second-order valence-electron chi connectivity index (χ2n) is 6.61. The van der Waals surface area contributed by atoms with E-state index in [1.165, 1.54) is 11.1 Å². The van der Waals surface area contributed by atoms with E-state index < -0.39 is 0 Å². The third-order valence-electron chi connectivity index (χ3n) is 4.60. The molecule has 0 unspecified atom stereocenters. The number of hydrogen-bond donors (Lipinski definition) is 1. The molecule has 0 aliphatic heterocycles. The number of thioether (sulfide) groups is 1. The Kier molecular flexibility index (Phi) is 7.15. The quantitative estimate of drug-likeness (QED) is 0.578. The number of nitrogens with one attached hydrogen (secondary N) is 1. The van der Waals surface area contributed by atoms with Gasteiger partial charge < -0.3 is 10.1 Å². The highest BCUT2D eigenvalue weighted by molar-refractivity contribution is 7.99. The summed E-state index contributed by atoms with van der Waals surface area (Å²) in [7, 11) is 1.66. The van der Waals surface area contributed by atoms with Crippen molar-refractivity contribution in [3.05, 3.63) is 101 Å². The normalized spacial score (nSPS) is 11.6. The summed E-state index contributed by atoms with van der Waals surface area (Å²) in [6, 6.07) is 26.1. The molecule has 0 aliphatic carbocycles. The number of aryl methyl sites for hydroxylation is 1. The molecule has 4 heteroatoms. The van der Waals surface area contributed by atoms with E-state index in [-0.39, 0.29) is 11.9 Å². The molecule has 28 heavy (non-hydrogen) atoms. The summed E-state index contributed by atoms with van der Waals surface area (Å²) in [6.45, 7) is 2.08. The topological polar surface area (TPSA) is 38.3 Å². The van der Waals surface area contributed by atoms with Gasteiger partial charge in [0.05, 0.1) is 18.9 Å². The molecule has 1 amide bonds. The smallest absolute Gasteiger partial charge is 0.230 e. The van der Waals surface area contributed by atoms with Crippen molar-refractivity contribution in [2.75, 3.05) is 12.9 Å². The molecule has 1 N–H and O–H groups in total. The number of carbonyl (C=O) groups is 1. The van der Waals surface area contributed by atoms with Crippen LogP contribution in [0.2, 0.25) is 0 Å². The minimum Gasteiger partial charge on any atom is -0.497 e. The standard InChI is InChI=1S/C24H25NO2S/c1-18-8-6-7-11-22(18)24(20-9-4-3-5-10-20)25-23(26)17-28-16-19-12-14-21(27-2)15-13-19/h3-15,24H,16-17H2,1-2H3,(H,25,26)/t24-/m1/s1. The van der Waals surface area contributed by atoms with Gasteiger partial charge >= 0.3 is 0 Å². The van der Waals surface area contributed by atoms with Crippen LogP contribution in [0.4, 0.5) is 0 Å². The number of hydrogen-bond acceptors (Lipinski definition) is 3. The summed E-state index contributed by atoms with van der Waals surface area (Å²) in [5, 5.41) is 3.22. The Morgan fingerprint density at radius 2 is 1.64 bits per heavy atom. The van der Waals surface area contributed by atoms with E-state index in [0.29, 0.717) is 5.75 Å². The van der Waals surface area contributed by atoms with Gasteiger partial charge in [-0.1, -0.05) is 66.7 Å². The van der Waals surface area contributed by atoms with Gasteiger partial charge in [0.1, 0.15) is 5.75 Å². The van der Waals surface area contributed by atoms with Crippen molar-refractivity contribution in [3.8, 4) is 5.75 Å². The largest absolute Gasteiger partial charge is 0.497 e. The molecule has 3 aromatic carbocycles. The monoisotopic (exact) mass is 391 g/mol. The number of amides is 1. The van der Waals surface area contributed by atoms with Crippen LogP contribution in [0.5, 0.6) is 5.75 Å². The summed E-state index contributed by atoms with van der Waals surface area (Å²) in [6.07, 6.45) is 0. The van der Waals surface area contributed by atoms with Crippen LogP contribution in [0.1, 0.15) is 28.3 Å². The van der Waals surface area contributed by atoms with Crippen LogP contribution in [0.25, 0.3) is 0 Å². The van der Waals surface area contributed by atoms with E-state index in [9.17, 15) is 4.79 Å². The Labute approximate surface area is 171 Å². The van der Waals surface area contributed by atoms with Crippen LogP contribution < -0.4 is 10.1 Å². The van der Waals surface area contributed by atoms with Crippen molar-refractivity contribution < 1.29 is 9.53 Å². The third kappa shape index (κ3) is 5.40. The number of methoxy groups -OCH3 is 1. The highest BCUT2D eigenvalue weighted by atomic mass is 32.2. The molecule has 1 atom stereocenters. The molecule has 3 nitrogen and oxygen atoms in total. The van der Waals surface area contributed by atoms with E-state index in [0.717, 1.165) is 22.6 Å². The highest BCUT2D eigenvalue weighted by Crippen LogP contribution is 2.25. The SMILES string of the molecule is COc1ccc(CSCC(=O)N[C@H](c2ccccc2)c2ccccc2C)cc1. The number of ether oxygens (including phenoxy) is 1. The van der Waals surface area contributed by atoms with Gasteiger partial charge in [-0.3, -0.25) is 4.79 Å². The molecule has 144 valence electrons. The number of rotatable bonds is 8. The van der Waals surface area contributed by atoms with Crippen LogP contribution in [0, 0.1) is 6.92 Å². The van der Waals surface area contributed by atoms with Gasteiger partial charge in [0.25, 0.3) is 0 Å². The maximum Gasteiger partial charge on any atom is 0.230 e. The van der Waals surface area contributed by atoms with Crippen molar-refractivity contribution in [1.29, 1.82) is 0 Å². The fourth-order valence-corrected chi connectivity index (χ4v) is 3.88. The van der Waals surface area contributed by atoms with Gasteiger partial charge in [0, 0.05) is 5.75 Å². The first-order valence-electron chi connectivity index (χ1n) is 9.28. The summed E-state index contributed by atoms with van der Waals surface area (Å²) in [5.74, 6) is 2.09. The van der Waals surface area contributed by atoms with E-state index >= 15 is 0 Å². The fraction of sp³-hybridized carbons (Fsp3) is 0.208. The van der Waals surface area contributed by atoms with Gasteiger partial charge in [-0.15, -0.1) is 11.8 Å². The zero-order valence-corrected chi connectivity index (χ0v) is 17.0. The van der Waals surface area contributed by atoms with Crippen molar-refractivity contribution in [1.82, 2.24) is 5.32 Å². The van der Waals surface area contributed by atoms with Crippen LogP contribution >= 0.6 is 11.8 Å². The van der Waals surface area contributed by atoms with Crippen LogP contribution in [0.15, 0.2) is 78.9 Å². The summed E-state index contributed by atoms with van der Waals surface area (Å²) in [5.41, 5.74) is 4.56. The summed E-state index contributed by atoms with van der Waals surface area (Å²) >= 11 is 1.61. The van der Waals surface area contributed by atoms with Gasteiger partial charge in [-0.2, -0.15) is 0 Å². The molecule has 0 bridgehead atoms. The Bertz CT molecular complexity index is 894. The predicted molar refractivity (Wildman–Crippen MR) is 117 cm³/mol. The molecule has 3 rings (SSSR count). The first-order valence-corrected chi connectivity index (χ1v) is 10.4. The average molecular weight is 392 g/mol. The second kappa shape index (κ2) is 10.00. The minimum absolute atomic E-state index is 0.0376. The molecular formula is C24H25NO2S. The van der Waals surface area contributed by atoms with Gasteiger partial charge in [-0.25, -0.2) is 0 Å². The maximum atomic E-state index is 12.7. The Morgan fingerprint density at radius 3 is 2.32 bits per heavy atom. The maximum absolute atomic E-state index is 12.7. The van der Waals surface area contributed by atoms with Crippen molar-refractivity contribution in [2.45, 2.75) is 18.7 Å². The van der Waals surface area contributed by atoms with Crippen LogP contribution in [-0.2, 0) is 10.5 Å². The average Bonchev–Trinajstić information content (AvgIpc) is 2.74. The highest BCUT2D eigenvalue weighted by Gasteiger charge is 2.18. The third-order valence-corrected chi connectivity index (χ3v) is 5.60. The molecule has 0 spiro atoms. The zero-order valence-electron chi connectivity index (χ0n) is 16.2. The zero-order chi connectivity index (χ0) is 19.8. The van der Waals surface area contributed by atoms with E-state index in [1.807, 2.05) is 54.6 Å². The Morgan fingerprint density at radius 1 is 0.964 bits per heavy atom. The lowest BCUT2D eigenvalue weighted by Gasteiger charge is -2.21. The second-order valence-corrected chi connectivity index (χ2v) is 7.59. The number of benzene rings is 3. The minimum atomic E-state index is -0.142. The lowest BCUT2D eigenvalue weighted by molar-refractivity contribution is -0.119. The van der Waals surface area contributed by atoms with Crippen molar-refractivity contribution in [2.24, 2.45) is 0 Å². The molecule has 0 fully saturated rings. The van der Waals surface area contributed by atoms with Crippen LogP contribution in [-0.4, -0.2) is 18.8 Å². The molecule has 0 aliphatic rings. The number of carbonyl (C=O) groups excluding carboxylic acids is 1. The molecule has 0 aromatic heterocycles. The molecule has 0 heterocycles. The lowest BCUT2D eigenvalue weighted by Crippen LogP contribution is -2.31. The first-order chi connectivity index (χ1) is 13.7. The van der Waals surface area contributed by atoms with Crippen molar-refractivity contribution in [3.63, 3.8) is 0 Å². The van der Waals surface area contributed by atoms with E-state index in [1.54, 1.807) is 18.9 Å². The lowest BCUT2D eigenvalue weighted by atomic mass is 9.95. The molecular weight excluding hydrogens is 366 g/mol. The molecule has 0 saturated carbocycles. The molecule has 0 saturated heterocycles. The van der Waals surface area contributed by atoms with Gasteiger partial charge in [-0.05, 0) is 41.3 Å². The summed E-state index contributed by atoms with van der Waals surface area (Å²) < 4.78 is 5.18. The summed E-state index contributed by atoms with van der Waals surface area (Å²) in [4.78, 5) is 12.7. The van der Waals surface area contributed by atoms with E-state index in [4.69, 9.17) is 4.74 Å². The molecule has 3 aromatic rings. The van der Waals surface area contributed by atoms with Gasteiger partial charge in [0.2, 0.25) is 5.91 Å². The molecule has 0 radical (unpaired) electrons. The first kappa shape index (κ1) is 20.0. The predicted octanol–water partition coefficient (Wildman–Crippen LogP) is 5.14. The fourth-order valence-electron chi connectivity index (χ4n) is 3.08. The Balaban J connectivity index is 1.63. The van der Waals surface area contributed by atoms with Crippen molar-refractivity contribution >= 4 is 17.7 Å².